The Bertz CT molecular complexity index is 1100. The molecule has 0 amide bonds. The van der Waals surface area contributed by atoms with Crippen LogP contribution in [0.5, 0.6) is 0 Å². The maximum Gasteiger partial charge on any atom is 0.335 e. The van der Waals surface area contributed by atoms with Gasteiger partial charge in [0.05, 0.1) is 26.6 Å². The van der Waals surface area contributed by atoms with E-state index in [9.17, 15) is 9.59 Å². The van der Waals surface area contributed by atoms with Crippen molar-refractivity contribution in [2.45, 2.75) is 13.5 Å². The molecule has 0 aliphatic carbocycles. The molecule has 0 unspecified atom stereocenters. The van der Waals surface area contributed by atoms with Crippen molar-refractivity contribution in [3.63, 3.8) is 0 Å². The van der Waals surface area contributed by atoms with Crippen LogP contribution in [0.15, 0.2) is 41.2 Å². The summed E-state index contributed by atoms with van der Waals surface area (Å²) in [4.78, 5) is 28.2. The number of halogens is 2. The molecule has 1 aromatic heterocycles. The fourth-order valence-corrected chi connectivity index (χ4v) is 2.92. The van der Waals surface area contributed by atoms with Crippen LogP contribution >= 0.6 is 23.2 Å². The molecule has 3 aromatic rings. The first-order chi connectivity index (χ1) is 12.4. The Hall–Kier alpha value is -2.63. The minimum absolute atomic E-state index is 0.116. The number of aromatic nitrogens is 2. The molecule has 0 aliphatic rings. The summed E-state index contributed by atoms with van der Waals surface area (Å²) in [5.74, 6) is -1.05. The third kappa shape index (κ3) is 3.49. The Morgan fingerprint density at radius 2 is 1.92 bits per heavy atom. The van der Waals surface area contributed by atoms with Crippen molar-refractivity contribution in [3.05, 3.63) is 73.6 Å². The first-order valence-corrected chi connectivity index (χ1v) is 8.57. The number of nitrogens with zero attached hydrogens (tertiary/aromatic N) is 2. The van der Waals surface area contributed by atoms with Gasteiger partial charge in [-0.3, -0.25) is 4.79 Å². The van der Waals surface area contributed by atoms with Crippen LogP contribution < -0.4 is 5.56 Å². The van der Waals surface area contributed by atoms with Crippen LogP contribution in [-0.4, -0.2) is 20.6 Å². The molecule has 0 bridgehead atoms. The van der Waals surface area contributed by atoms with Crippen molar-refractivity contribution < 1.29 is 9.90 Å². The number of rotatable bonds is 4. The summed E-state index contributed by atoms with van der Waals surface area (Å²) in [6.07, 6.45) is 3.29. The molecule has 132 valence electrons. The van der Waals surface area contributed by atoms with Gasteiger partial charge in [0.2, 0.25) is 0 Å². The molecule has 1 heterocycles. The molecule has 0 fully saturated rings. The summed E-state index contributed by atoms with van der Waals surface area (Å²) in [5.41, 5.74) is 1.88. The van der Waals surface area contributed by atoms with Gasteiger partial charge in [0.1, 0.15) is 5.69 Å². The molecule has 0 aliphatic heterocycles. The van der Waals surface area contributed by atoms with Crippen molar-refractivity contribution in [1.29, 1.82) is 0 Å². The van der Waals surface area contributed by atoms with Gasteiger partial charge < -0.3 is 9.67 Å². The van der Waals surface area contributed by atoms with Gasteiger partial charge in [-0.25, -0.2) is 9.78 Å². The van der Waals surface area contributed by atoms with Crippen molar-refractivity contribution in [2.75, 3.05) is 0 Å². The summed E-state index contributed by atoms with van der Waals surface area (Å²) < 4.78 is 1.56. The smallest absolute Gasteiger partial charge is 0.335 e. The maximum absolute atomic E-state index is 12.7. The third-order valence-electron chi connectivity index (χ3n) is 3.91. The van der Waals surface area contributed by atoms with Gasteiger partial charge in [0, 0.05) is 6.54 Å². The molecule has 2 aromatic carbocycles. The van der Waals surface area contributed by atoms with Crippen LogP contribution in [0.1, 0.15) is 28.5 Å². The van der Waals surface area contributed by atoms with Crippen molar-refractivity contribution in [1.82, 2.24) is 9.55 Å². The first kappa shape index (κ1) is 18.2. The fourth-order valence-electron chi connectivity index (χ4n) is 2.61. The Labute approximate surface area is 159 Å². The highest BCUT2D eigenvalue weighted by atomic mass is 35.5. The Kier molecular flexibility index (Phi) is 5.11. The quantitative estimate of drug-likeness (QED) is 0.708. The predicted molar refractivity (Wildman–Crippen MR) is 104 cm³/mol. The highest BCUT2D eigenvalue weighted by Gasteiger charge is 2.11. The topological polar surface area (TPSA) is 72.2 Å². The zero-order valence-electron chi connectivity index (χ0n) is 13.7. The van der Waals surface area contributed by atoms with E-state index in [-0.39, 0.29) is 16.8 Å². The second kappa shape index (κ2) is 7.32. The first-order valence-electron chi connectivity index (χ1n) is 7.81. The standard InChI is InChI=1S/C19H14Cl2N2O3/c1-2-23-17-8-5-12(19(25)26)10-16(17)22-15(18(23)24)7-4-11-3-6-13(20)14(21)9-11/h3-10H,2H2,1H3,(H,25,26)/b7-4+. The fraction of sp³-hybridized carbons (Fsp3) is 0.105. The predicted octanol–water partition coefficient (Wildman–Crippen LogP) is 4.59. The number of aromatic carboxylic acids is 1. The molecule has 0 saturated heterocycles. The zero-order chi connectivity index (χ0) is 18.8. The van der Waals surface area contributed by atoms with Crippen LogP contribution in [0.25, 0.3) is 23.2 Å². The molecule has 26 heavy (non-hydrogen) atoms. The number of carbonyl (C=O) groups is 1. The number of benzene rings is 2. The Morgan fingerprint density at radius 1 is 1.15 bits per heavy atom. The summed E-state index contributed by atoms with van der Waals surface area (Å²) in [6.45, 7) is 2.29. The number of carboxylic acid groups (broad SMARTS) is 1. The second-order valence-electron chi connectivity index (χ2n) is 5.56. The van der Waals surface area contributed by atoms with E-state index in [1.807, 2.05) is 6.92 Å². The van der Waals surface area contributed by atoms with E-state index in [4.69, 9.17) is 28.3 Å². The molecular formula is C19H14Cl2N2O3. The molecule has 3 rings (SSSR count). The van der Waals surface area contributed by atoms with E-state index in [2.05, 4.69) is 4.98 Å². The van der Waals surface area contributed by atoms with Crippen LogP contribution in [-0.2, 0) is 6.54 Å². The lowest BCUT2D eigenvalue weighted by atomic mass is 10.1. The third-order valence-corrected chi connectivity index (χ3v) is 4.65. The lowest BCUT2D eigenvalue weighted by Crippen LogP contribution is -2.23. The van der Waals surface area contributed by atoms with Crippen molar-refractivity contribution in [2.24, 2.45) is 0 Å². The maximum atomic E-state index is 12.7. The van der Waals surface area contributed by atoms with E-state index in [0.717, 1.165) is 5.56 Å². The van der Waals surface area contributed by atoms with E-state index in [0.29, 0.717) is 27.6 Å². The molecule has 0 spiro atoms. The Balaban J connectivity index is 2.13. The van der Waals surface area contributed by atoms with Crippen molar-refractivity contribution >= 4 is 52.4 Å². The van der Waals surface area contributed by atoms with Gasteiger partial charge in [-0.2, -0.15) is 0 Å². The van der Waals surface area contributed by atoms with Crippen molar-refractivity contribution in [3.8, 4) is 0 Å². The summed E-state index contributed by atoms with van der Waals surface area (Å²) in [7, 11) is 0. The summed E-state index contributed by atoms with van der Waals surface area (Å²) >= 11 is 11.9. The van der Waals surface area contributed by atoms with E-state index >= 15 is 0 Å². The highest BCUT2D eigenvalue weighted by Crippen LogP contribution is 2.23. The number of aryl methyl sites for hydroxylation is 1. The zero-order valence-corrected chi connectivity index (χ0v) is 15.3. The van der Waals surface area contributed by atoms with Gasteiger partial charge in [-0.1, -0.05) is 35.3 Å². The van der Waals surface area contributed by atoms with Gasteiger partial charge in [-0.05, 0) is 48.9 Å². The van der Waals surface area contributed by atoms with E-state index in [1.54, 1.807) is 41.0 Å². The molecule has 0 radical (unpaired) electrons. The van der Waals surface area contributed by atoms with Gasteiger partial charge in [0.15, 0.2) is 0 Å². The Morgan fingerprint density at radius 3 is 2.58 bits per heavy atom. The average molecular weight is 389 g/mol. The lowest BCUT2D eigenvalue weighted by Gasteiger charge is -2.09. The second-order valence-corrected chi connectivity index (χ2v) is 6.38. The average Bonchev–Trinajstić information content (AvgIpc) is 2.62. The summed E-state index contributed by atoms with van der Waals surface area (Å²) in [5, 5.41) is 10.0. The minimum Gasteiger partial charge on any atom is -0.478 e. The minimum atomic E-state index is -1.05. The molecule has 5 nitrogen and oxygen atoms in total. The highest BCUT2D eigenvalue weighted by molar-refractivity contribution is 6.42. The molecular weight excluding hydrogens is 375 g/mol. The van der Waals surface area contributed by atoms with Gasteiger partial charge in [-0.15, -0.1) is 0 Å². The molecule has 1 N–H and O–H groups in total. The van der Waals surface area contributed by atoms with E-state index < -0.39 is 5.97 Å². The number of carboxylic acids is 1. The number of hydrogen-bond acceptors (Lipinski definition) is 3. The normalized spacial score (nSPS) is 11.3. The lowest BCUT2D eigenvalue weighted by molar-refractivity contribution is 0.0697. The molecule has 7 heteroatoms. The monoisotopic (exact) mass is 388 g/mol. The van der Waals surface area contributed by atoms with E-state index in [1.165, 1.54) is 12.1 Å². The van der Waals surface area contributed by atoms with Crippen LogP contribution in [0, 0.1) is 0 Å². The SMILES string of the molecule is CCn1c(=O)c(/C=C/c2ccc(Cl)c(Cl)c2)nc2cc(C(=O)O)ccc21. The van der Waals surface area contributed by atoms with Gasteiger partial charge in [0.25, 0.3) is 5.56 Å². The van der Waals surface area contributed by atoms with Crippen LogP contribution in [0.2, 0.25) is 10.0 Å². The number of hydrogen-bond donors (Lipinski definition) is 1. The van der Waals surface area contributed by atoms with Crippen LogP contribution in [0.3, 0.4) is 0 Å². The molecule has 0 saturated carbocycles. The summed E-state index contributed by atoms with van der Waals surface area (Å²) in [6, 6.07) is 9.64. The number of fused-ring (bicyclic) bond motifs is 1. The van der Waals surface area contributed by atoms with Crippen LogP contribution in [0.4, 0.5) is 0 Å². The van der Waals surface area contributed by atoms with Gasteiger partial charge >= 0.3 is 5.97 Å². The molecule has 0 atom stereocenters. The largest absolute Gasteiger partial charge is 0.478 e.